The van der Waals surface area contributed by atoms with E-state index in [1.54, 1.807) is 0 Å². The number of aromatic amines is 1. The van der Waals surface area contributed by atoms with Gasteiger partial charge in [0.15, 0.2) is 0 Å². The first-order chi connectivity index (χ1) is 9.38. The Bertz CT molecular complexity index is 577. The normalized spacial score (nSPS) is 16.6. The molecule has 0 saturated carbocycles. The van der Waals surface area contributed by atoms with Crippen molar-refractivity contribution in [2.45, 2.75) is 32.6 Å². The maximum Gasteiger partial charge on any atom is 0.0564 e. The lowest BCUT2D eigenvalue weighted by Crippen LogP contribution is -2.24. The Morgan fingerprint density at radius 3 is 2.89 bits per heavy atom. The van der Waals surface area contributed by atoms with Gasteiger partial charge in [-0.05, 0) is 31.2 Å². The molecule has 1 fully saturated rings. The Morgan fingerprint density at radius 2 is 2.11 bits per heavy atom. The van der Waals surface area contributed by atoms with Crippen molar-refractivity contribution in [2.24, 2.45) is 5.10 Å². The molecule has 0 spiro atoms. The van der Waals surface area contributed by atoms with E-state index < -0.39 is 0 Å². The minimum Gasteiger partial charge on any atom is -0.360 e. The Balaban J connectivity index is 1.86. The Kier molecular flexibility index (Phi) is 3.53. The van der Waals surface area contributed by atoms with Crippen LogP contribution in [0.1, 0.15) is 37.3 Å². The highest BCUT2D eigenvalue weighted by atomic mass is 15.4. The summed E-state index contributed by atoms with van der Waals surface area (Å²) in [5.41, 5.74) is 3.82. The minimum atomic E-state index is 1.06. The molecule has 3 rings (SSSR count). The van der Waals surface area contributed by atoms with Crippen LogP contribution >= 0.6 is 0 Å². The fourth-order valence-corrected chi connectivity index (χ4v) is 2.78. The second kappa shape index (κ2) is 5.47. The largest absolute Gasteiger partial charge is 0.360 e. The SMILES string of the molecule is CCc1cccc2c(/C=N/N3CCCCC3)c[nH]c12. The first-order valence-electron chi connectivity index (χ1n) is 7.26. The predicted octanol–water partition coefficient (Wildman–Crippen LogP) is 3.55. The lowest BCUT2D eigenvalue weighted by molar-refractivity contribution is 0.240. The molecule has 1 aliphatic heterocycles. The molecule has 19 heavy (non-hydrogen) atoms. The van der Waals surface area contributed by atoms with E-state index in [1.807, 2.05) is 6.21 Å². The van der Waals surface area contributed by atoms with Gasteiger partial charge in [-0.2, -0.15) is 5.10 Å². The summed E-state index contributed by atoms with van der Waals surface area (Å²) in [7, 11) is 0. The molecule has 1 aromatic heterocycles. The van der Waals surface area contributed by atoms with Crippen LogP contribution in [0.15, 0.2) is 29.5 Å². The van der Waals surface area contributed by atoms with Crippen LogP contribution < -0.4 is 0 Å². The van der Waals surface area contributed by atoms with Crippen molar-refractivity contribution in [1.82, 2.24) is 9.99 Å². The van der Waals surface area contributed by atoms with Crippen molar-refractivity contribution in [3.8, 4) is 0 Å². The zero-order valence-electron chi connectivity index (χ0n) is 11.5. The van der Waals surface area contributed by atoms with E-state index >= 15 is 0 Å². The van der Waals surface area contributed by atoms with Crippen LogP contribution in [-0.4, -0.2) is 29.3 Å². The van der Waals surface area contributed by atoms with Crippen molar-refractivity contribution in [3.05, 3.63) is 35.5 Å². The molecule has 2 heterocycles. The number of nitrogens with zero attached hydrogens (tertiary/aromatic N) is 2. The lowest BCUT2D eigenvalue weighted by atomic mass is 10.1. The number of hydrazone groups is 1. The summed E-state index contributed by atoms with van der Waals surface area (Å²) in [6.45, 7) is 4.38. The maximum atomic E-state index is 4.62. The standard InChI is InChI=1S/C16H21N3/c1-2-13-7-6-8-15-14(11-17-16(13)15)12-18-19-9-4-3-5-10-19/h6-8,11-12,17H,2-5,9-10H2,1H3/b18-12+. The molecule has 1 aliphatic rings. The summed E-state index contributed by atoms with van der Waals surface area (Å²) < 4.78 is 0. The van der Waals surface area contributed by atoms with E-state index in [0.29, 0.717) is 0 Å². The van der Waals surface area contributed by atoms with Crippen LogP contribution in [0.25, 0.3) is 10.9 Å². The quantitative estimate of drug-likeness (QED) is 0.836. The smallest absolute Gasteiger partial charge is 0.0564 e. The van der Waals surface area contributed by atoms with Crippen LogP contribution in [0, 0.1) is 0 Å². The zero-order chi connectivity index (χ0) is 13.1. The van der Waals surface area contributed by atoms with Crippen LogP contribution in [-0.2, 0) is 6.42 Å². The number of rotatable bonds is 3. The highest BCUT2D eigenvalue weighted by molar-refractivity contribution is 6.00. The second-order valence-corrected chi connectivity index (χ2v) is 5.20. The van der Waals surface area contributed by atoms with Gasteiger partial charge in [0.1, 0.15) is 0 Å². The second-order valence-electron chi connectivity index (χ2n) is 5.20. The van der Waals surface area contributed by atoms with Gasteiger partial charge in [-0.1, -0.05) is 25.1 Å². The van der Waals surface area contributed by atoms with E-state index in [2.05, 4.69) is 46.4 Å². The minimum absolute atomic E-state index is 1.06. The van der Waals surface area contributed by atoms with Crippen molar-refractivity contribution >= 4 is 17.1 Å². The number of nitrogens with one attached hydrogen (secondary N) is 1. The number of H-pyrrole nitrogens is 1. The monoisotopic (exact) mass is 255 g/mol. The van der Waals surface area contributed by atoms with Gasteiger partial charge >= 0.3 is 0 Å². The van der Waals surface area contributed by atoms with E-state index in [-0.39, 0.29) is 0 Å². The van der Waals surface area contributed by atoms with Crippen LogP contribution in [0.3, 0.4) is 0 Å². The predicted molar refractivity (Wildman–Crippen MR) is 80.7 cm³/mol. The number of aryl methyl sites for hydroxylation is 1. The molecule has 0 unspecified atom stereocenters. The summed E-state index contributed by atoms with van der Waals surface area (Å²) >= 11 is 0. The van der Waals surface area contributed by atoms with Gasteiger partial charge in [-0.15, -0.1) is 0 Å². The van der Waals surface area contributed by atoms with Gasteiger partial charge in [-0.25, -0.2) is 0 Å². The van der Waals surface area contributed by atoms with Crippen LogP contribution in [0.4, 0.5) is 0 Å². The first kappa shape index (κ1) is 12.3. The summed E-state index contributed by atoms with van der Waals surface area (Å²) in [5.74, 6) is 0. The highest BCUT2D eigenvalue weighted by Gasteiger charge is 2.08. The maximum absolute atomic E-state index is 4.62. The van der Waals surface area contributed by atoms with Gasteiger partial charge in [0.2, 0.25) is 0 Å². The number of fused-ring (bicyclic) bond motifs is 1. The molecule has 0 atom stereocenters. The molecule has 1 aromatic carbocycles. The number of benzene rings is 1. The van der Waals surface area contributed by atoms with Gasteiger partial charge < -0.3 is 4.98 Å². The summed E-state index contributed by atoms with van der Waals surface area (Å²) in [6, 6.07) is 6.49. The number of piperidine rings is 1. The Labute approximate surface area is 114 Å². The highest BCUT2D eigenvalue weighted by Crippen LogP contribution is 2.21. The molecule has 1 saturated heterocycles. The van der Waals surface area contributed by atoms with E-state index in [0.717, 1.165) is 19.5 Å². The molecule has 3 heteroatoms. The van der Waals surface area contributed by atoms with Crippen LogP contribution in [0.2, 0.25) is 0 Å². The summed E-state index contributed by atoms with van der Waals surface area (Å²) in [6.07, 6.45) is 9.01. The molecular weight excluding hydrogens is 234 g/mol. The van der Waals surface area contributed by atoms with E-state index in [1.165, 1.54) is 41.3 Å². The molecule has 0 aliphatic carbocycles. The number of hydrogen-bond acceptors (Lipinski definition) is 2. The molecule has 0 amide bonds. The van der Waals surface area contributed by atoms with Crippen LogP contribution in [0.5, 0.6) is 0 Å². The molecule has 1 N–H and O–H groups in total. The third-order valence-electron chi connectivity index (χ3n) is 3.91. The molecule has 2 aromatic rings. The van der Waals surface area contributed by atoms with Gasteiger partial charge in [0, 0.05) is 35.8 Å². The van der Waals surface area contributed by atoms with Gasteiger partial charge in [0.05, 0.1) is 6.21 Å². The topological polar surface area (TPSA) is 31.4 Å². The average molecular weight is 255 g/mol. The van der Waals surface area contributed by atoms with Gasteiger partial charge in [0.25, 0.3) is 0 Å². The van der Waals surface area contributed by atoms with E-state index in [9.17, 15) is 0 Å². The Morgan fingerprint density at radius 1 is 1.26 bits per heavy atom. The third kappa shape index (κ3) is 2.50. The number of aromatic nitrogens is 1. The number of hydrogen-bond donors (Lipinski definition) is 1. The molecule has 3 nitrogen and oxygen atoms in total. The van der Waals surface area contributed by atoms with Crippen molar-refractivity contribution in [3.63, 3.8) is 0 Å². The number of para-hydroxylation sites is 1. The molecular formula is C16H21N3. The fourth-order valence-electron chi connectivity index (χ4n) is 2.78. The molecule has 100 valence electrons. The summed E-state index contributed by atoms with van der Waals surface area (Å²) in [5, 5.41) is 8.08. The first-order valence-corrected chi connectivity index (χ1v) is 7.26. The van der Waals surface area contributed by atoms with E-state index in [4.69, 9.17) is 0 Å². The van der Waals surface area contributed by atoms with Crippen molar-refractivity contribution in [2.75, 3.05) is 13.1 Å². The zero-order valence-corrected chi connectivity index (χ0v) is 11.5. The lowest BCUT2D eigenvalue weighted by Gasteiger charge is -2.23. The summed E-state index contributed by atoms with van der Waals surface area (Å²) in [4.78, 5) is 3.39. The average Bonchev–Trinajstić information content (AvgIpc) is 2.89. The molecule has 0 bridgehead atoms. The Hall–Kier alpha value is -1.77. The van der Waals surface area contributed by atoms with Crippen molar-refractivity contribution in [1.29, 1.82) is 0 Å². The van der Waals surface area contributed by atoms with Gasteiger partial charge in [-0.3, -0.25) is 5.01 Å². The molecule has 0 radical (unpaired) electrons. The fraction of sp³-hybridized carbons (Fsp3) is 0.438. The third-order valence-corrected chi connectivity index (χ3v) is 3.91. The van der Waals surface area contributed by atoms with Crippen molar-refractivity contribution < 1.29 is 0 Å².